The van der Waals surface area contributed by atoms with Gasteiger partial charge in [-0.05, 0) is 56.2 Å². The average Bonchev–Trinajstić information content (AvgIpc) is 3.36. The maximum atomic E-state index is 14.4. The lowest BCUT2D eigenvalue weighted by atomic mass is 9.49. The molecule has 4 fully saturated rings. The molecule has 13 heteroatoms. The van der Waals surface area contributed by atoms with Crippen molar-refractivity contribution in [1.82, 2.24) is 0 Å². The highest BCUT2D eigenvalue weighted by molar-refractivity contribution is 5.89. The van der Waals surface area contributed by atoms with E-state index in [0.717, 1.165) is 0 Å². The molecule has 0 bridgehead atoms. The quantitative estimate of drug-likeness (QED) is 0.223. The Morgan fingerprint density at radius 3 is 2.09 bits per heavy atom. The second-order valence-corrected chi connectivity index (χ2v) is 15.9. The molecule has 11 atom stereocenters. The Bertz CT molecular complexity index is 1850. The van der Waals surface area contributed by atoms with Gasteiger partial charge in [-0.3, -0.25) is 14.4 Å². The number of aliphatic hydroxyl groups is 1. The summed E-state index contributed by atoms with van der Waals surface area (Å²) in [6.07, 6.45) is -6.71. The van der Waals surface area contributed by atoms with Gasteiger partial charge in [-0.1, -0.05) is 37.3 Å². The van der Waals surface area contributed by atoms with E-state index in [0.29, 0.717) is 22.5 Å². The van der Waals surface area contributed by atoms with Crippen LogP contribution in [-0.2, 0) is 47.5 Å². The first kappa shape index (κ1) is 38.0. The van der Waals surface area contributed by atoms with Crippen LogP contribution in [0.1, 0.15) is 83.5 Å². The summed E-state index contributed by atoms with van der Waals surface area (Å²) in [6, 6.07) is 15.6. The molecule has 3 aliphatic carbocycles. The smallest absolute Gasteiger partial charge is 0.338 e. The van der Waals surface area contributed by atoms with Crippen LogP contribution in [0.2, 0.25) is 0 Å². The molecule has 7 rings (SSSR count). The summed E-state index contributed by atoms with van der Waals surface area (Å²) in [4.78, 5) is 53.5. The topological polar surface area (TPSA) is 162 Å². The van der Waals surface area contributed by atoms with E-state index < -0.39 is 94.7 Å². The molecule has 2 saturated heterocycles. The zero-order chi connectivity index (χ0) is 39.0. The monoisotopic (exact) mass is 748 g/mol. The molecule has 2 aliphatic heterocycles. The number of benzene rings is 2. The van der Waals surface area contributed by atoms with Gasteiger partial charge in [0.25, 0.3) is 0 Å². The van der Waals surface area contributed by atoms with Crippen molar-refractivity contribution in [3.63, 3.8) is 0 Å². The molecule has 5 aliphatic rings. The van der Waals surface area contributed by atoms with Crippen LogP contribution in [0.15, 0.2) is 65.7 Å². The Morgan fingerprint density at radius 1 is 0.870 bits per heavy atom. The van der Waals surface area contributed by atoms with E-state index in [1.54, 1.807) is 70.3 Å². The molecule has 54 heavy (non-hydrogen) atoms. The molecule has 2 aromatic carbocycles. The molecule has 2 aromatic rings. The molecule has 290 valence electrons. The lowest BCUT2D eigenvalue weighted by Crippen LogP contribution is -2.80. The molecule has 0 spiro atoms. The summed E-state index contributed by atoms with van der Waals surface area (Å²) in [5.41, 5.74) is -4.23. The summed E-state index contributed by atoms with van der Waals surface area (Å²) in [5.74, 6) is -2.86. The number of fused-ring (bicyclic) bond motifs is 3. The number of ether oxygens (including phenoxy) is 8. The first-order valence-electron chi connectivity index (χ1n) is 18.3. The average molecular weight is 749 g/mol. The van der Waals surface area contributed by atoms with E-state index in [-0.39, 0.29) is 25.0 Å². The highest BCUT2D eigenvalue weighted by Gasteiger charge is 2.81. The van der Waals surface area contributed by atoms with Crippen LogP contribution in [0.5, 0.6) is 5.75 Å². The lowest BCUT2D eigenvalue weighted by Gasteiger charge is -2.67. The fourth-order valence-electron chi connectivity index (χ4n) is 10.2. The SMILES string of the molecule is COc1ccc(C2O[C@H]3C[C@H]4OC[C@@]4(OC(C)=O)[C@H]4[C@H](OC(=O)c5ccccc5)[C@]5(C(C)(C)O)C[C@H](OC(C)=O)C(C)=C5[C@@H](OC(C)=O)[C@H](O2)[C@]34C)cc1. The van der Waals surface area contributed by atoms with E-state index in [1.807, 2.05) is 19.1 Å². The zero-order valence-corrected chi connectivity index (χ0v) is 31.8. The molecule has 0 aromatic heterocycles. The summed E-state index contributed by atoms with van der Waals surface area (Å²) < 4.78 is 50.9. The van der Waals surface area contributed by atoms with E-state index >= 15 is 0 Å². The van der Waals surface area contributed by atoms with E-state index in [2.05, 4.69) is 0 Å². The van der Waals surface area contributed by atoms with Crippen molar-refractivity contribution in [2.24, 2.45) is 16.7 Å². The number of carbonyl (C=O) groups is 4. The predicted molar refractivity (Wildman–Crippen MR) is 189 cm³/mol. The Balaban J connectivity index is 1.55. The Kier molecular flexibility index (Phi) is 9.48. The summed E-state index contributed by atoms with van der Waals surface area (Å²) in [6.45, 7) is 10.7. The molecule has 0 amide bonds. The van der Waals surface area contributed by atoms with Crippen molar-refractivity contribution in [3.05, 3.63) is 76.9 Å². The van der Waals surface area contributed by atoms with Gasteiger partial charge in [-0.2, -0.15) is 0 Å². The molecule has 1 unspecified atom stereocenters. The van der Waals surface area contributed by atoms with E-state index in [9.17, 15) is 24.3 Å². The first-order chi connectivity index (χ1) is 25.5. The van der Waals surface area contributed by atoms with Crippen LogP contribution in [0, 0.1) is 16.7 Å². The van der Waals surface area contributed by atoms with Crippen LogP contribution in [0.25, 0.3) is 0 Å². The number of esters is 4. The fourth-order valence-corrected chi connectivity index (χ4v) is 10.2. The van der Waals surface area contributed by atoms with Gasteiger partial charge in [-0.15, -0.1) is 0 Å². The third-order valence-electron chi connectivity index (χ3n) is 12.4. The highest BCUT2D eigenvalue weighted by Crippen LogP contribution is 2.70. The van der Waals surface area contributed by atoms with Crippen molar-refractivity contribution in [3.8, 4) is 5.75 Å². The zero-order valence-electron chi connectivity index (χ0n) is 31.8. The minimum atomic E-state index is -1.76. The second kappa shape index (κ2) is 13.5. The van der Waals surface area contributed by atoms with Gasteiger partial charge in [0.15, 0.2) is 18.0 Å². The third kappa shape index (κ3) is 5.73. The normalized spacial score (nSPS) is 36.6. The predicted octanol–water partition coefficient (Wildman–Crippen LogP) is 4.78. The largest absolute Gasteiger partial charge is 0.497 e. The van der Waals surface area contributed by atoms with Crippen molar-refractivity contribution in [2.45, 2.75) is 115 Å². The number of methoxy groups -OCH3 is 1. The second-order valence-electron chi connectivity index (χ2n) is 15.9. The van der Waals surface area contributed by atoms with Crippen LogP contribution in [-0.4, -0.2) is 90.5 Å². The van der Waals surface area contributed by atoms with Crippen LogP contribution < -0.4 is 4.74 Å². The van der Waals surface area contributed by atoms with Crippen LogP contribution in [0.3, 0.4) is 0 Å². The molecule has 2 saturated carbocycles. The van der Waals surface area contributed by atoms with Crippen LogP contribution >= 0.6 is 0 Å². The van der Waals surface area contributed by atoms with Gasteiger partial charge >= 0.3 is 23.9 Å². The van der Waals surface area contributed by atoms with Gasteiger partial charge < -0.3 is 43.0 Å². The number of hydrogen-bond donors (Lipinski definition) is 1. The lowest BCUT2D eigenvalue weighted by molar-refractivity contribution is -0.401. The molecule has 0 radical (unpaired) electrons. The number of hydrogen-bond acceptors (Lipinski definition) is 13. The number of carbonyl (C=O) groups excluding carboxylic acids is 4. The van der Waals surface area contributed by atoms with Gasteiger partial charge in [0.05, 0.1) is 42.3 Å². The van der Waals surface area contributed by atoms with E-state index in [1.165, 1.54) is 20.8 Å². The van der Waals surface area contributed by atoms with Gasteiger partial charge in [-0.25, -0.2) is 4.79 Å². The van der Waals surface area contributed by atoms with E-state index in [4.69, 9.17) is 37.9 Å². The summed E-state index contributed by atoms with van der Waals surface area (Å²) in [7, 11) is 1.57. The van der Waals surface area contributed by atoms with Gasteiger partial charge in [0.1, 0.15) is 30.2 Å². The van der Waals surface area contributed by atoms with Gasteiger partial charge in [0, 0.05) is 44.6 Å². The van der Waals surface area contributed by atoms with Crippen molar-refractivity contribution in [2.75, 3.05) is 13.7 Å². The Labute approximate surface area is 314 Å². The fraction of sp³-hybridized carbons (Fsp3) is 0.561. The van der Waals surface area contributed by atoms with Crippen molar-refractivity contribution in [1.29, 1.82) is 0 Å². The van der Waals surface area contributed by atoms with Crippen molar-refractivity contribution >= 4 is 23.9 Å². The third-order valence-corrected chi connectivity index (χ3v) is 12.4. The maximum absolute atomic E-state index is 14.4. The molecule has 13 nitrogen and oxygen atoms in total. The standard InChI is InChI=1S/C41H48O13/c1-21-28(49-22(2)42)19-40(38(5,6)46)31(21)32(50-23(3)43)34-39(7)29(51-37(53-34)26-14-16-27(47-8)17-15-26)18-30-41(20-48-30,54-24(4)44)33(39)35(40)52-36(45)25-12-10-9-11-13-25/h9-17,28-30,32-35,37,46H,18-20H2,1-8H3/t28-,29-,30+,32+,33-,34-,35-,37?,39+,40-,41-/m0/s1. The highest BCUT2D eigenvalue weighted by atomic mass is 16.7. The minimum absolute atomic E-state index is 0.0518. The maximum Gasteiger partial charge on any atom is 0.338 e. The van der Waals surface area contributed by atoms with Crippen molar-refractivity contribution < 1.29 is 62.2 Å². The molecule has 2 heterocycles. The Hall–Kier alpha value is -4.30. The van der Waals surface area contributed by atoms with Crippen LogP contribution in [0.4, 0.5) is 0 Å². The molecular weight excluding hydrogens is 700 g/mol. The number of rotatable bonds is 8. The Morgan fingerprint density at radius 2 is 1.54 bits per heavy atom. The summed E-state index contributed by atoms with van der Waals surface area (Å²) >= 11 is 0. The molecule has 1 N–H and O–H groups in total. The molecular formula is C41H48O13. The van der Waals surface area contributed by atoms with Gasteiger partial charge in [0.2, 0.25) is 0 Å². The summed E-state index contributed by atoms with van der Waals surface area (Å²) in [5, 5.41) is 12.7. The minimum Gasteiger partial charge on any atom is -0.497 e. The first-order valence-corrected chi connectivity index (χ1v) is 18.3.